The molecule has 0 unspecified atom stereocenters. The highest BCUT2D eigenvalue weighted by Gasteiger charge is 2.29. The molecule has 35 heavy (non-hydrogen) atoms. The molecule has 1 aliphatic rings. The van der Waals surface area contributed by atoms with Gasteiger partial charge in [-0.05, 0) is 19.1 Å². The van der Waals surface area contributed by atoms with E-state index in [4.69, 9.17) is 35.8 Å². The Labute approximate surface area is 208 Å². The van der Waals surface area contributed by atoms with Gasteiger partial charge in [0.2, 0.25) is 5.91 Å². The first kappa shape index (κ1) is 24.5. The van der Waals surface area contributed by atoms with Crippen LogP contribution < -0.4 is 25.4 Å². The molecule has 0 saturated carbocycles. The fourth-order valence-corrected chi connectivity index (χ4v) is 4.37. The molecule has 0 spiro atoms. The zero-order chi connectivity index (χ0) is 25.1. The van der Waals surface area contributed by atoms with Gasteiger partial charge in [-0.3, -0.25) is 4.79 Å². The highest BCUT2D eigenvalue weighted by Crippen LogP contribution is 2.42. The topological polar surface area (TPSA) is 120 Å². The molecule has 0 aliphatic carbocycles. The number of fused-ring (bicyclic) bond motifs is 1. The largest absolute Gasteiger partial charge is 0.496 e. The Morgan fingerprint density at radius 3 is 2.63 bits per heavy atom. The fourth-order valence-electron chi connectivity index (χ4n) is 4.01. The number of carbonyl (C=O) groups is 1. The third-order valence-electron chi connectivity index (χ3n) is 5.85. The zero-order valence-corrected chi connectivity index (χ0v) is 20.7. The average molecular weight is 499 g/mol. The maximum absolute atomic E-state index is 11.7. The third kappa shape index (κ3) is 4.80. The number of nitrogens with zero attached hydrogens (tertiary/aromatic N) is 3. The number of aromatic nitrogens is 3. The number of pyridine rings is 1. The number of anilines is 2. The van der Waals surface area contributed by atoms with Gasteiger partial charge in [0.15, 0.2) is 5.82 Å². The van der Waals surface area contributed by atoms with Crippen molar-refractivity contribution in [3.63, 3.8) is 0 Å². The number of ether oxygens (including phenoxy) is 3. The van der Waals surface area contributed by atoms with Crippen LogP contribution in [0.4, 0.5) is 11.6 Å². The second-order valence-electron chi connectivity index (χ2n) is 7.94. The van der Waals surface area contributed by atoms with Crippen LogP contribution in [-0.2, 0) is 9.53 Å². The molecule has 0 bridgehead atoms. The van der Waals surface area contributed by atoms with E-state index in [9.17, 15) is 4.79 Å². The maximum Gasteiger partial charge on any atom is 0.243 e. The van der Waals surface area contributed by atoms with E-state index in [2.05, 4.69) is 27.5 Å². The van der Waals surface area contributed by atoms with Crippen molar-refractivity contribution < 1.29 is 19.0 Å². The first-order chi connectivity index (χ1) is 16.9. The average Bonchev–Trinajstić information content (AvgIpc) is 3.29. The molecule has 4 rings (SSSR count). The van der Waals surface area contributed by atoms with E-state index in [1.807, 2.05) is 13.0 Å². The second kappa shape index (κ2) is 10.3. The number of methoxy groups -OCH3 is 2. The minimum Gasteiger partial charge on any atom is -0.496 e. The summed E-state index contributed by atoms with van der Waals surface area (Å²) in [5.41, 5.74) is 2.04. The highest BCUT2D eigenvalue weighted by molar-refractivity contribution is 6.35. The summed E-state index contributed by atoms with van der Waals surface area (Å²) >= 11 is 6.65. The number of amides is 1. The lowest BCUT2D eigenvalue weighted by Crippen LogP contribution is -2.45. The Morgan fingerprint density at radius 1 is 1.20 bits per heavy atom. The van der Waals surface area contributed by atoms with Gasteiger partial charge >= 0.3 is 0 Å². The molecule has 10 nitrogen and oxygen atoms in total. The Bertz CT molecular complexity index is 1260. The van der Waals surface area contributed by atoms with E-state index < -0.39 is 0 Å². The van der Waals surface area contributed by atoms with Gasteiger partial charge in [-0.2, -0.15) is 0 Å². The Hall–Kier alpha value is -3.63. The van der Waals surface area contributed by atoms with Crippen molar-refractivity contribution >= 4 is 40.0 Å². The standard InChI is InChI=1S/C24H27ClN6O4/c1-6-20(32)29-16-11-35-10-15(16)28-19-7-13-14(9-27-19)30-24(31-23(13)26-3)21-12(2)17(33-4)8-18(34-5)22(21)25/h6-9,15-16H,1,10-11H2,2-5H3,(H,27,28)(H,29,32)(H,26,30,31)/t15-,16+/m1/s1. The molecular weight excluding hydrogens is 472 g/mol. The molecule has 11 heteroatoms. The molecule has 3 heterocycles. The van der Waals surface area contributed by atoms with E-state index in [0.29, 0.717) is 58.3 Å². The molecule has 184 valence electrons. The van der Waals surface area contributed by atoms with Crippen LogP contribution in [-0.4, -0.2) is 67.4 Å². The van der Waals surface area contributed by atoms with E-state index in [1.165, 1.54) is 6.08 Å². The lowest BCUT2D eigenvalue weighted by atomic mass is 10.1. The summed E-state index contributed by atoms with van der Waals surface area (Å²) in [5, 5.41) is 10.5. The molecule has 1 amide bonds. The van der Waals surface area contributed by atoms with Crippen molar-refractivity contribution in [2.24, 2.45) is 0 Å². The second-order valence-corrected chi connectivity index (χ2v) is 8.31. The molecule has 3 aromatic rings. The van der Waals surface area contributed by atoms with Crippen LogP contribution >= 0.6 is 11.6 Å². The van der Waals surface area contributed by atoms with Crippen molar-refractivity contribution in [3.8, 4) is 22.9 Å². The van der Waals surface area contributed by atoms with E-state index in [-0.39, 0.29) is 18.0 Å². The molecule has 3 N–H and O–H groups in total. The lowest BCUT2D eigenvalue weighted by Gasteiger charge is -2.20. The van der Waals surface area contributed by atoms with Crippen LogP contribution in [0.2, 0.25) is 5.02 Å². The Balaban J connectivity index is 1.72. The smallest absolute Gasteiger partial charge is 0.243 e. The summed E-state index contributed by atoms with van der Waals surface area (Å²) in [5.74, 6) is 2.46. The number of rotatable bonds is 8. The minimum absolute atomic E-state index is 0.146. The SMILES string of the molecule is C=CC(=O)N[C@H]1COC[C@H]1Nc1cc2c(NC)nc(-c3c(C)c(OC)cc(OC)c3Cl)nc2cn1. The van der Waals surface area contributed by atoms with Crippen LogP contribution in [0, 0.1) is 6.92 Å². The van der Waals surface area contributed by atoms with Crippen LogP contribution in [0.5, 0.6) is 11.5 Å². The van der Waals surface area contributed by atoms with Gasteiger partial charge in [-0.25, -0.2) is 15.0 Å². The maximum atomic E-state index is 11.7. The molecule has 1 saturated heterocycles. The number of benzene rings is 1. The molecule has 1 fully saturated rings. The van der Waals surface area contributed by atoms with Gasteiger partial charge in [-0.15, -0.1) is 0 Å². The van der Waals surface area contributed by atoms with Gasteiger partial charge < -0.3 is 30.2 Å². The monoisotopic (exact) mass is 498 g/mol. The summed E-state index contributed by atoms with van der Waals surface area (Å²) in [6.45, 7) is 6.23. The first-order valence-corrected chi connectivity index (χ1v) is 11.3. The quantitative estimate of drug-likeness (QED) is 0.402. The number of hydrogen-bond donors (Lipinski definition) is 3. The van der Waals surface area contributed by atoms with Crippen LogP contribution in [0.15, 0.2) is 31.0 Å². The molecule has 0 radical (unpaired) electrons. The van der Waals surface area contributed by atoms with Crippen molar-refractivity contribution in [1.82, 2.24) is 20.3 Å². The van der Waals surface area contributed by atoms with Gasteiger partial charge in [0, 0.05) is 29.6 Å². The van der Waals surface area contributed by atoms with Crippen molar-refractivity contribution in [2.75, 3.05) is 45.1 Å². The zero-order valence-electron chi connectivity index (χ0n) is 19.9. The van der Waals surface area contributed by atoms with Crippen molar-refractivity contribution in [1.29, 1.82) is 0 Å². The van der Waals surface area contributed by atoms with Gasteiger partial charge in [0.25, 0.3) is 0 Å². The summed E-state index contributed by atoms with van der Waals surface area (Å²) in [6.07, 6.45) is 2.90. The predicted octanol–water partition coefficient (Wildman–Crippen LogP) is 3.19. The molecule has 2 atom stereocenters. The number of nitrogens with one attached hydrogen (secondary N) is 3. The first-order valence-electron chi connectivity index (χ1n) is 10.9. The normalized spacial score (nSPS) is 17.2. The van der Waals surface area contributed by atoms with Crippen molar-refractivity contribution in [2.45, 2.75) is 19.0 Å². The van der Waals surface area contributed by atoms with Gasteiger partial charge in [0.1, 0.15) is 23.1 Å². The number of halogens is 1. The summed E-state index contributed by atoms with van der Waals surface area (Å²) in [4.78, 5) is 25.7. The molecule has 1 aromatic carbocycles. The fraction of sp³-hybridized carbons (Fsp3) is 0.333. The molecule has 2 aromatic heterocycles. The highest BCUT2D eigenvalue weighted by atomic mass is 35.5. The predicted molar refractivity (Wildman–Crippen MR) is 136 cm³/mol. The van der Waals surface area contributed by atoms with Crippen LogP contribution in [0.25, 0.3) is 22.3 Å². The summed E-state index contributed by atoms with van der Waals surface area (Å²) < 4.78 is 16.5. The number of carbonyl (C=O) groups excluding carboxylic acids is 1. The Kier molecular flexibility index (Phi) is 7.23. The van der Waals surface area contributed by atoms with Crippen LogP contribution in [0.3, 0.4) is 0 Å². The van der Waals surface area contributed by atoms with Crippen LogP contribution in [0.1, 0.15) is 5.56 Å². The van der Waals surface area contributed by atoms with Gasteiger partial charge in [0.05, 0.1) is 56.3 Å². The summed E-state index contributed by atoms with van der Waals surface area (Å²) in [7, 11) is 4.91. The molecule has 1 aliphatic heterocycles. The van der Waals surface area contributed by atoms with E-state index in [1.54, 1.807) is 33.5 Å². The lowest BCUT2D eigenvalue weighted by molar-refractivity contribution is -0.117. The summed E-state index contributed by atoms with van der Waals surface area (Å²) in [6, 6.07) is 3.25. The number of hydrogen-bond acceptors (Lipinski definition) is 9. The Morgan fingerprint density at radius 2 is 1.94 bits per heavy atom. The minimum atomic E-state index is -0.250. The van der Waals surface area contributed by atoms with E-state index in [0.717, 1.165) is 10.9 Å². The third-order valence-corrected chi connectivity index (χ3v) is 6.23. The van der Waals surface area contributed by atoms with Crippen molar-refractivity contribution in [3.05, 3.63) is 41.6 Å². The van der Waals surface area contributed by atoms with E-state index >= 15 is 0 Å². The van der Waals surface area contributed by atoms with Gasteiger partial charge in [-0.1, -0.05) is 18.2 Å². The molecular formula is C24H27ClN6O4.